The summed E-state index contributed by atoms with van der Waals surface area (Å²) in [6.45, 7) is 0.0328. The minimum Gasteiger partial charge on any atom is -0.387 e. The van der Waals surface area contributed by atoms with Gasteiger partial charge in [0.15, 0.2) is 0 Å². The highest BCUT2D eigenvalue weighted by Crippen LogP contribution is 2.18. The van der Waals surface area contributed by atoms with Crippen molar-refractivity contribution in [2.75, 3.05) is 11.9 Å². The molecule has 0 saturated carbocycles. The Hall–Kier alpha value is -2.92. The molecule has 4 nitrogen and oxygen atoms in total. The second-order valence-electron chi connectivity index (χ2n) is 5.46. The standard InChI is InChI=1S/C19H17FN2O2/c20-16-8-5-14(6-9-16)18(23)12-21-19(24)22-17-10-7-13-3-1-2-4-15(13)11-17/h1-11,18,23H,12H2,(H2,21,22,24). The number of halogens is 1. The van der Waals surface area contributed by atoms with Crippen LogP contribution in [0.25, 0.3) is 10.8 Å². The van der Waals surface area contributed by atoms with Crippen molar-refractivity contribution in [2.24, 2.45) is 0 Å². The lowest BCUT2D eigenvalue weighted by atomic mass is 10.1. The first kappa shape index (κ1) is 16.0. The summed E-state index contributed by atoms with van der Waals surface area (Å²) in [4.78, 5) is 11.9. The zero-order chi connectivity index (χ0) is 16.9. The second kappa shape index (κ2) is 7.10. The third-order valence-electron chi connectivity index (χ3n) is 3.72. The molecule has 3 N–H and O–H groups in total. The Morgan fingerprint density at radius 2 is 1.71 bits per heavy atom. The SMILES string of the molecule is O=C(NCC(O)c1ccc(F)cc1)Nc1ccc2ccccc2c1. The topological polar surface area (TPSA) is 61.4 Å². The maximum Gasteiger partial charge on any atom is 0.319 e. The maximum absolute atomic E-state index is 12.9. The van der Waals surface area contributed by atoms with Crippen molar-refractivity contribution in [1.29, 1.82) is 0 Å². The molecule has 0 aromatic heterocycles. The third-order valence-corrected chi connectivity index (χ3v) is 3.72. The monoisotopic (exact) mass is 324 g/mol. The quantitative estimate of drug-likeness (QED) is 0.683. The van der Waals surface area contributed by atoms with E-state index in [-0.39, 0.29) is 12.4 Å². The van der Waals surface area contributed by atoms with Crippen LogP contribution in [-0.2, 0) is 0 Å². The van der Waals surface area contributed by atoms with Gasteiger partial charge in [-0.25, -0.2) is 9.18 Å². The van der Waals surface area contributed by atoms with E-state index in [1.807, 2.05) is 42.5 Å². The minimum atomic E-state index is -0.895. The summed E-state index contributed by atoms with van der Waals surface area (Å²) in [6, 6.07) is 18.6. The van der Waals surface area contributed by atoms with Crippen LogP contribution in [0.15, 0.2) is 66.7 Å². The molecule has 0 spiro atoms. The van der Waals surface area contributed by atoms with Gasteiger partial charge in [-0.15, -0.1) is 0 Å². The summed E-state index contributed by atoms with van der Waals surface area (Å²) >= 11 is 0. The van der Waals surface area contributed by atoms with Gasteiger partial charge in [-0.3, -0.25) is 0 Å². The van der Waals surface area contributed by atoms with Crippen LogP contribution < -0.4 is 10.6 Å². The number of urea groups is 1. The number of hydrogen-bond donors (Lipinski definition) is 3. The zero-order valence-electron chi connectivity index (χ0n) is 12.9. The van der Waals surface area contributed by atoms with Gasteiger partial charge in [0.05, 0.1) is 6.10 Å². The van der Waals surface area contributed by atoms with Crippen LogP contribution in [0, 0.1) is 5.82 Å². The van der Waals surface area contributed by atoms with E-state index < -0.39 is 12.1 Å². The number of hydrogen-bond acceptors (Lipinski definition) is 2. The minimum absolute atomic E-state index is 0.0328. The number of carbonyl (C=O) groups is 1. The van der Waals surface area contributed by atoms with Crippen LogP contribution in [0.1, 0.15) is 11.7 Å². The fraction of sp³-hybridized carbons (Fsp3) is 0.105. The smallest absolute Gasteiger partial charge is 0.319 e. The lowest BCUT2D eigenvalue weighted by Crippen LogP contribution is -2.32. The lowest BCUT2D eigenvalue weighted by Gasteiger charge is -2.13. The fourth-order valence-corrected chi connectivity index (χ4v) is 2.43. The first-order chi connectivity index (χ1) is 11.6. The molecule has 3 aromatic carbocycles. The van der Waals surface area contributed by atoms with E-state index in [4.69, 9.17) is 0 Å². The van der Waals surface area contributed by atoms with Crippen LogP contribution in [-0.4, -0.2) is 17.7 Å². The van der Waals surface area contributed by atoms with Gasteiger partial charge in [-0.05, 0) is 40.6 Å². The molecule has 0 fully saturated rings. The summed E-state index contributed by atoms with van der Waals surface area (Å²) in [7, 11) is 0. The number of fused-ring (bicyclic) bond motifs is 1. The molecule has 0 heterocycles. The Kier molecular flexibility index (Phi) is 4.72. The molecule has 3 aromatic rings. The molecule has 2 amide bonds. The normalized spacial score (nSPS) is 11.9. The average molecular weight is 324 g/mol. The van der Waals surface area contributed by atoms with Crippen molar-refractivity contribution in [3.8, 4) is 0 Å². The fourth-order valence-electron chi connectivity index (χ4n) is 2.43. The number of benzene rings is 3. The summed E-state index contributed by atoms with van der Waals surface area (Å²) < 4.78 is 12.9. The Morgan fingerprint density at radius 1 is 1.00 bits per heavy atom. The van der Waals surface area contributed by atoms with Crippen molar-refractivity contribution >= 4 is 22.5 Å². The van der Waals surface area contributed by atoms with Crippen molar-refractivity contribution in [3.05, 3.63) is 78.1 Å². The molecule has 1 atom stereocenters. The van der Waals surface area contributed by atoms with Crippen molar-refractivity contribution < 1.29 is 14.3 Å². The van der Waals surface area contributed by atoms with Gasteiger partial charge in [0.25, 0.3) is 0 Å². The van der Waals surface area contributed by atoms with Crippen LogP contribution in [0.2, 0.25) is 0 Å². The van der Waals surface area contributed by atoms with Gasteiger partial charge in [0, 0.05) is 12.2 Å². The van der Waals surface area contributed by atoms with Crippen LogP contribution in [0.5, 0.6) is 0 Å². The summed E-state index contributed by atoms with van der Waals surface area (Å²) in [5, 5.41) is 17.5. The Labute approximate surface area is 138 Å². The predicted octanol–water partition coefficient (Wildman–Crippen LogP) is 3.83. The summed E-state index contributed by atoms with van der Waals surface area (Å²) in [5.74, 6) is -0.368. The molecule has 3 rings (SSSR count). The predicted molar refractivity (Wildman–Crippen MR) is 92.3 cm³/mol. The van der Waals surface area contributed by atoms with Crippen LogP contribution in [0.4, 0.5) is 14.9 Å². The van der Waals surface area contributed by atoms with Gasteiger partial charge >= 0.3 is 6.03 Å². The van der Waals surface area contributed by atoms with Crippen molar-refractivity contribution in [1.82, 2.24) is 5.32 Å². The van der Waals surface area contributed by atoms with Gasteiger partial charge in [-0.1, -0.05) is 42.5 Å². The molecular weight excluding hydrogens is 307 g/mol. The molecule has 5 heteroatoms. The Bertz CT molecular complexity index is 849. The highest BCUT2D eigenvalue weighted by molar-refractivity contribution is 5.93. The van der Waals surface area contributed by atoms with E-state index in [0.717, 1.165) is 10.8 Å². The number of amides is 2. The number of nitrogens with one attached hydrogen (secondary N) is 2. The van der Waals surface area contributed by atoms with Crippen molar-refractivity contribution in [2.45, 2.75) is 6.10 Å². The average Bonchev–Trinajstić information content (AvgIpc) is 2.60. The third kappa shape index (κ3) is 3.88. The lowest BCUT2D eigenvalue weighted by molar-refractivity contribution is 0.175. The number of aliphatic hydroxyl groups excluding tert-OH is 1. The molecule has 0 saturated heterocycles. The number of rotatable bonds is 4. The van der Waals surface area contributed by atoms with Gasteiger partial charge in [0.1, 0.15) is 5.82 Å². The maximum atomic E-state index is 12.9. The Balaban J connectivity index is 1.57. The van der Waals surface area contributed by atoms with E-state index in [9.17, 15) is 14.3 Å². The highest BCUT2D eigenvalue weighted by atomic mass is 19.1. The largest absolute Gasteiger partial charge is 0.387 e. The zero-order valence-corrected chi connectivity index (χ0v) is 12.9. The van der Waals surface area contributed by atoms with E-state index in [0.29, 0.717) is 11.3 Å². The van der Waals surface area contributed by atoms with Crippen LogP contribution >= 0.6 is 0 Å². The second-order valence-corrected chi connectivity index (χ2v) is 5.46. The van der Waals surface area contributed by atoms with E-state index in [1.165, 1.54) is 24.3 Å². The number of anilines is 1. The van der Waals surface area contributed by atoms with Gasteiger partial charge in [-0.2, -0.15) is 0 Å². The molecule has 0 aliphatic rings. The molecule has 0 aliphatic carbocycles. The van der Waals surface area contributed by atoms with E-state index in [2.05, 4.69) is 10.6 Å². The van der Waals surface area contributed by atoms with Crippen molar-refractivity contribution in [3.63, 3.8) is 0 Å². The first-order valence-corrected chi connectivity index (χ1v) is 7.59. The van der Waals surface area contributed by atoms with Gasteiger partial charge < -0.3 is 15.7 Å². The molecule has 0 radical (unpaired) electrons. The molecule has 0 aliphatic heterocycles. The molecule has 0 bridgehead atoms. The molecular formula is C19H17FN2O2. The van der Waals surface area contributed by atoms with Gasteiger partial charge in [0.2, 0.25) is 0 Å². The summed E-state index contributed by atoms with van der Waals surface area (Å²) in [5.41, 5.74) is 1.21. The molecule has 1 unspecified atom stereocenters. The van der Waals surface area contributed by atoms with E-state index >= 15 is 0 Å². The molecule has 122 valence electrons. The highest BCUT2D eigenvalue weighted by Gasteiger charge is 2.10. The number of carbonyl (C=O) groups excluding carboxylic acids is 1. The first-order valence-electron chi connectivity index (χ1n) is 7.59. The molecule has 24 heavy (non-hydrogen) atoms. The Morgan fingerprint density at radius 3 is 2.46 bits per heavy atom. The van der Waals surface area contributed by atoms with Crippen LogP contribution in [0.3, 0.4) is 0 Å². The summed E-state index contributed by atoms with van der Waals surface area (Å²) in [6.07, 6.45) is -0.895. The number of aliphatic hydroxyl groups is 1. The van der Waals surface area contributed by atoms with E-state index in [1.54, 1.807) is 0 Å².